The average Bonchev–Trinajstić information content (AvgIpc) is 2.54. The lowest BCUT2D eigenvalue weighted by Gasteiger charge is -2.26. The molecule has 0 rings (SSSR count). The molecule has 1 amide bonds. The number of amides is 1. The quantitative estimate of drug-likeness (QED) is 0.204. The van der Waals surface area contributed by atoms with Crippen LogP contribution in [-0.4, -0.2) is 60.5 Å². The molecule has 4 atom stereocenters. The van der Waals surface area contributed by atoms with Gasteiger partial charge in [-0.05, 0) is 37.7 Å². The number of aldehydes is 2. The zero-order valence-electron chi connectivity index (χ0n) is 15.0. The summed E-state index contributed by atoms with van der Waals surface area (Å²) in [4.78, 5) is 34.6. The Morgan fingerprint density at radius 1 is 1.12 bits per heavy atom. The molecule has 0 radical (unpaired) electrons. The third kappa shape index (κ3) is 10.3. The zero-order chi connectivity index (χ0) is 18.5. The molecule has 1 unspecified atom stereocenters. The van der Waals surface area contributed by atoms with Crippen LogP contribution in [-0.2, 0) is 14.4 Å². The standard InChI is InChI=1S/C16H31N3O3S2/c1-11(2)7-13(8-20)19-16(22)15(5-6-24-4)18-12(3)17-14(9-21)10-23/h8-9,11-15,17-18,23H,5-7,10H2,1-4H3,(H,19,22)/t12?,13-,14+,15-/m0/s1. The Kier molecular flexibility index (Phi) is 13.4. The van der Waals surface area contributed by atoms with E-state index in [1.54, 1.807) is 11.8 Å². The van der Waals surface area contributed by atoms with Crippen LogP contribution >= 0.6 is 24.4 Å². The first kappa shape index (κ1) is 23.4. The molecule has 24 heavy (non-hydrogen) atoms. The molecule has 0 aromatic carbocycles. The molecule has 0 saturated carbocycles. The van der Waals surface area contributed by atoms with Crippen molar-refractivity contribution < 1.29 is 14.4 Å². The van der Waals surface area contributed by atoms with Crippen LogP contribution in [0.25, 0.3) is 0 Å². The monoisotopic (exact) mass is 377 g/mol. The molecule has 0 fully saturated rings. The lowest BCUT2D eigenvalue weighted by Crippen LogP contribution is -2.56. The second-order valence-electron chi connectivity index (χ2n) is 6.19. The van der Waals surface area contributed by atoms with E-state index >= 15 is 0 Å². The third-order valence-corrected chi connectivity index (χ3v) is 4.46. The Balaban J connectivity index is 4.74. The van der Waals surface area contributed by atoms with Crippen molar-refractivity contribution >= 4 is 42.9 Å². The molecule has 3 N–H and O–H groups in total. The second kappa shape index (κ2) is 13.7. The SMILES string of the molecule is CSCC[C@H](NC(C)N[C@H](C=O)CS)C(=O)N[C@H](C=O)CC(C)C. The molecule has 0 aromatic heterocycles. The minimum absolute atomic E-state index is 0.191. The number of hydrogen-bond acceptors (Lipinski definition) is 7. The van der Waals surface area contributed by atoms with Crippen LogP contribution in [0.3, 0.4) is 0 Å². The lowest BCUT2D eigenvalue weighted by molar-refractivity contribution is -0.126. The van der Waals surface area contributed by atoms with Gasteiger partial charge in [0.2, 0.25) is 5.91 Å². The van der Waals surface area contributed by atoms with E-state index in [1.165, 1.54) is 0 Å². The van der Waals surface area contributed by atoms with Crippen molar-refractivity contribution in [2.45, 2.75) is 57.9 Å². The van der Waals surface area contributed by atoms with Crippen LogP contribution in [0.2, 0.25) is 0 Å². The number of hydrogen-bond donors (Lipinski definition) is 4. The molecule has 0 aromatic rings. The number of carbonyl (C=O) groups excluding carboxylic acids is 3. The van der Waals surface area contributed by atoms with E-state index in [9.17, 15) is 14.4 Å². The first-order chi connectivity index (χ1) is 11.4. The van der Waals surface area contributed by atoms with E-state index in [1.807, 2.05) is 27.0 Å². The third-order valence-electron chi connectivity index (χ3n) is 3.42. The van der Waals surface area contributed by atoms with Crippen molar-refractivity contribution in [2.75, 3.05) is 17.8 Å². The van der Waals surface area contributed by atoms with Gasteiger partial charge < -0.3 is 14.9 Å². The van der Waals surface area contributed by atoms with Crippen LogP contribution in [0.15, 0.2) is 0 Å². The summed E-state index contributed by atoms with van der Waals surface area (Å²) in [5, 5.41) is 9.06. The molecular weight excluding hydrogens is 346 g/mol. The first-order valence-corrected chi connectivity index (χ1v) is 10.2. The molecule has 0 heterocycles. The number of thiol groups is 1. The van der Waals surface area contributed by atoms with Crippen molar-refractivity contribution in [3.63, 3.8) is 0 Å². The van der Waals surface area contributed by atoms with Crippen molar-refractivity contribution in [3.05, 3.63) is 0 Å². The number of nitrogens with one attached hydrogen (secondary N) is 3. The summed E-state index contributed by atoms with van der Waals surface area (Å²) < 4.78 is 0. The largest absolute Gasteiger partial charge is 0.345 e. The highest BCUT2D eigenvalue weighted by Crippen LogP contribution is 2.06. The minimum atomic E-state index is -0.473. The maximum Gasteiger partial charge on any atom is 0.237 e. The lowest BCUT2D eigenvalue weighted by atomic mass is 10.0. The van der Waals surface area contributed by atoms with Gasteiger partial charge in [0.05, 0.1) is 24.3 Å². The van der Waals surface area contributed by atoms with E-state index in [-0.39, 0.29) is 18.1 Å². The second-order valence-corrected chi connectivity index (χ2v) is 7.55. The maximum atomic E-state index is 12.5. The summed E-state index contributed by atoms with van der Waals surface area (Å²) in [6.07, 6.45) is 4.59. The van der Waals surface area contributed by atoms with Gasteiger partial charge in [0, 0.05) is 5.75 Å². The van der Waals surface area contributed by atoms with Crippen LogP contribution in [0.4, 0.5) is 0 Å². The Bertz CT molecular complexity index is 384. The van der Waals surface area contributed by atoms with Crippen LogP contribution in [0.1, 0.15) is 33.6 Å². The van der Waals surface area contributed by atoms with Gasteiger partial charge in [0.25, 0.3) is 0 Å². The number of rotatable bonds is 14. The van der Waals surface area contributed by atoms with Crippen LogP contribution in [0.5, 0.6) is 0 Å². The summed E-state index contributed by atoms with van der Waals surface area (Å²) in [6.45, 7) is 5.87. The van der Waals surface area contributed by atoms with Gasteiger partial charge in [0.15, 0.2) is 0 Å². The highest BCUT2D eigenvalue weighted by atomic mass is 32.2. The highest BCUT2D eigenvalue weighted by Gasteiger charge is 2.23. The van der Waals surface area contributed by atoms with Crippen molar-refractivity contribution in [3.8, 4) is 0 Å². The molecule has 8 heteroatoms. The molecule has 0 aliphatic rings. The van der Waals surface area contributed by atoms with Gasteiger partial charge in [-0.2, -0.15) is 24.4 Å². The van der Waals surface area contributed by atoms with Gasteiger partial charge in [-0.15, -0.1) is 0 Å². The average molecular weight is 378 g/mol. The number of carbonyl (C=O) groups is 3. The van der Waals surface area contributed by atoms with Crippen molar-refractivity contribution in [2.24, 2.45) is 5.92 Å². The fraction of sp³-hybridized carbons (Fsp3) is 0.812. The summed E-state index contributed by atoms with van der Waals surface area (Å²) in [5.74, 6) is 1.34. The molecule has 6 nitrogen and oxygen atoms in total. The summed E-state index contributed by atoms with van der Waals surface area (Å²) in [7, 11) is 0. The first-order valence-electron chi connectivity index (χ1n) is 8.20. The normalized spacial score (nSPS) is 16.2. The Hall–Kier alpha value is -0.570. The van der Waals surface area contributed by atoms with Gasteiger partial charge in [-0.1, -0.05) is 13.8 Å². The summed E-state index contributed by atoms with van der Waals surface area (Å²) in [6, 6.07) is -1.27. The predicted octanol–water partition coefficient (Wildman–Crippen LogP) is 0.860. The Morgan fingerprint density at radius 3 is 2.21 bits per heavy atom. The van der Waals surface area contributed by atoms with Crippen molar-refractivity contribution in [1.82, 2.24) is 16.0 Å². The minimum Gasteiger partial charge on any atom is -0.345 e. The highest BCUT2D eigenvalue weighted by molar-refractivity contribution is 7.98. The van der Waals surface area contributed by atoms with Gasteiger partial charge in [-0.25, -0.2) is 0 Å². The molecule has 0 aliphatic heterocycles. The van der Waals surface area contributed by atoms with Crippen molar-refractivity contribution in [1.29, 1.82) is 0 Å². The molecule has 0 spiro atoms. The van der Waals surface area contributed by atoms with E-state index in [0.717, 1.165) is 18.3 Å². The molecule has 0 bridgehead atoms. The number of thioether (sulfide) groups is 1. The predicted molar refractivity (Wildman–Crippen MR) is 104 cm³/mol. The molecule has 0 aliphatic carbocycles. The topological polar surface area (TPSA) is 87.3 Å². The van der Waals surface area contributed by atoms with E-state index in [2.05, 4.69) is 28.6 Å². The van der Waals surface area contributed by atoms with Crippen LogP contribution < -0.4 is 16.0 Å². The fourth-order valence-corrected chi connectivity index (χ4v) is 2.93. The van der Waals surface area contributed by atoms with Gasteiger partial charge >= 0.3 is 0 Å². The van der Waals surface area contributed by atoms with E-state index in [4.69, 9.17) is 0 Å². The van der Waals surface area contributed by atoms with Crippen LogP contribution in [0, 0.1) is 5.92 Å². The van der Waals surface area contributed by atoms with E-state index < -0.39 is 12.1 Å². The molecular formula is C16H31N3O3S2. The summed E-state index contributed by atoms with van der Waals surface area (Å²) in [5.41, 5.74) is 0. The molecule has 0 saturated heterocycles. The van der Waals surface area contributed by atoms with E-state index in [0.29, 0.717) is 24.5 Å². The Morgan fingerprint density at radius 2 is 1.75 bits per heavy atom. The maximum absolute atomic E-state index is 12.5. The zero-order valence-corrected chi connectivity index (χ0v) is 16.7. The fourth-order valence-electron chi connectivity index (χ4n) is 2.27. The Labute approximate surface area is 155 Å². The smallest absolute Gasteiger partial charge is 0.237 e. The van der Waals surface area contributed by atoms with Gasteiger partial charge in [-0.3, -0.25) is 15.4 Å². The summed E-state index contributed by atoms with van der Waals surface area (Å²) >= 11 is 5.76. The van der Waals surface area contributed by atoms with Gasteiger partial charge in [0.1, 0.15) is 12.6 Å². The molecule has 140 valence electrons.